The molecule has 0 bridgehead atoms. The van der Waals surface area contributed by atoms with E-state index in [0.717, 1.165) is 25.8 Å². The highest BCUT2D eigenvalue weighted by atomic mass is 35.5. The zero-order valence-electron chi connectivity index (χ0n) is 10.4. The van der Waals surface area contributed by atoms with E-state index < -0.39 is 0 Å². The van der Waals surface area contributed by atoms with Crippen LogP contribution < -0.4 is 10.9 Å². The van der Waals surface area contributed by atoms with Crippen molar-refractivity contribution in [3.63, 3.8) is 0 Å². The van der Waals surface area contributed by atoms with E-state index >= 15 is 0 Å². The molecule has 0 amide bonds. The first-order chi connectivity index (χ1) is 8.58. The fraction of sp³-hybridized carbons (Fsp3) is 0.667. The predicted molar refractivity (Wildman–Crippen MR) is 71.0 cm³/mol. The number of aromatic nitrogens is 2. The molecule has 1 aliphatic rings. The molecule has 1 fully saturated rings. The highest BCUT2D eigenvalue weighted by Gasteiger charge is 2.36. The minimum atomic E-state index is -0.300. The maximum atomic E-state index is 11.6. The van der Waals surface area contributed by atoms with Crippen LogP contribution in [0.15, 0.2) is 11.0 Å². The van der Waals surface area contributed by atoms with E-state index in [4.69, 9.17) is 16.7 Å². The largest absolute Gasteiger partial charge is 0.396 e. The molecule has 0 saturated heterocycles. The molecule has 0 unspecified atom stereocenters. The van der Waals surface area contributed by atoms with E-state index in [-0.39, 0.29) is 22.6 Å². The molecule has 1 aromatic rings. The second-order valence-corrected chi connectivity index (χ2v) is 5.36. The molecule has 18 heavy (non-hydrogen) atoms. The minimum Gasteiger partial charge on any atom is -0.396 e. The number of halogens is 1. The first-order valence-corrected chi connectivity index (χ1v) is 6.52. The zero-order valence-corrected chi connectivity index (χ0v) is 11.2. The molecule has 0 radical (unpaired) electrons. The van der Waals surface area contributed by atoms with Gasteiger partial charge >= 0.3 is 0 Å². The lowest BCUT2D eigenvalue weighted by atomic mass is 9.67. The average Bonchev–Trinajstić information content (AvgIpc) is 2.31. The fourth-order valence-electron chi connectivity index (χ4n) is 2.35. The maximum absolute atomic E-state index is 11.6. The molecule has 0 spiro atoms. The Labute approximate surface area is 111 Å². The fourth-order valence-corrected chi connectivity index (χ4v) is 2.58. The number of nitrogens with one attached hydrogen (secondary N) is 1. The minimum absolute atomic E-state index is 0.152. The van der Waals surface area contributed by atoms with Gasteiger partial charge < -0.3 is 10.4 Å². The SMILES string of the molecule is Cn1ncc(NCC2(CCO)CCC2)c(Cl)c1=O. The number of aryl methyl sites for hydroxylation is 1. The molecule has 2 N–H and O–H groups in total. The Morgan fingerprint density at radius 1 is 1.61 bits per heavy atom. The van der Waals surface area contributed by atoms with Crippen LogP contribution >= 0.6 is 11.6 Å². The van der Waals surface area contributed by atoms with Crippen molar-refractivity contribution in [3.05, 3.63) is 21.6 Å². The van der Waals surface area contributed by atoms with E-state index in [1.54, 1.807) is 13.2 Å². The van der Waals surface area contributed by atoms with Gasteiger partial charge in [0.15, 0.2) is 0 Å². The number of hydrogen-bond acceptors (Lipinski definition) is 4. The molecule has 0 aliphatic heterocycles. The molecule has 2 rings (SSSR count). The van der Waals surface area contributed by atoms with Gasteiger partial charge in [0, 0.05) is 20.2 Å². The van der Waals surface area contributed by atoms with Gasteiger partial charge in [-0.1, -0.05) is 18.0 Å². The van der Waals surface area contributed by atoms with Gasteiger partial charge in [-0.05, 0) is 24.7 Å². The van der Waals surface area contributed by atoms with Gasteiger partial charge in [0.2, 0.25) is 0 Å². The Balaban J connectivity index is 2.06. The van der Waals surface area contributed by atoms with Gasteiger partial charge in [-0.15, -0.1) is 0 Å². The Kier molecular flexibility index (Phi) is 3.92. The molecule has 1 aliphatic carbocycles. The van der Waals surface area contributed by atoms with Crippen LogP contribution in [0.5, 0.6) is 0 Å². The first kappa shape index (κ1) is 13.4. The summed E-state index contributed by atoms with van der Waals surface area (Å²) in [7, 11) is 1.57. The van der Waals surface area contributed by atoms with Gasteiger partial charge in [-0.25, -0.2) is 4.68 Å². The lowest BCUT2D eigenvalue weighted by Gasteiger charge is -2.42. The van der Waals surface area contributed by atoms with Gasteiger partial charge in [-0.3, -0.25) is 4.79 Å². The van der Waals surface area contributed by atoms with Gasteiger partial charge in [0.1, 0.15) is 5.02 Å². The van der Waals surface area contributed by atoms with Crippen molar-refractivity contribution in [1.82, 2.24) is 9.78 Å². The number of rotatable bonds is 5. The van der Waals surface area contributed by atoms with Crippen molar-refractivity contribution in [1.29, 1.82) is 0 Å². The lowest BCUT2D eigenvalue weighted by Crippen LogP contribution is -2.37. The summed E-state index contributed by atoms with van der Waals surface area (Å²) in [6.45, 7) is 0.923. The molecular weight excluding hydrogens is 254 g/mol. The van der Waals surface area contributed by atoms with Crippen molar-refractivity contribution in [2.24, 2.45) is 12.5 Å². The average molecular weight is 272 g/mol. The first-order valence-electron chi connectivity index (χ1n) is 6.14. The summed E-state index contributed by atoms with van der Waals surface area (Å²) in [5, 5.41) is 16.4. The third kappa shape index (κ3) is 2.52. The van der Waals surface area contributed by atoms with Crippen LogP contribution in [0.4, 0.5) is 5.69 Å². The van der Waals surface area contributed by atoms with Crippen molar-refractivity contribution in [2.45, 2.75) is 25.7 Å². The second-order valence-electron chi connectivity index (χ2n) is 4.98. The van der Waals surface area contributed by atoms with Crippen LogP contribution in [-0.4, -0.2) is 28.0 Å². The maximum Gasteiger partial charge on any atom is 0.287 e. The molecule has 6 heteroatoms. The third-order valence-electron chi connectivity index (χ3n) is 3.79. The Morgan fingerprint density at radius 3 is 2.89 bits per heavy atom. The standard InChI is InChI=1S/C12H18ClN3O2/c1-16-11(18)10(13)9(7-15-16)14-8-12(5-6-17)3-2-4-12/h7,14,17H,2-6,8H2,1H3. The number of aliphatic hydroxyl groups is 1. The molecule has 1 saturated carbocycles. The lowest BCUT2D eigenvalue weighted by molar-refractivity contribution is 0.102. The molecule has 100 valence electrons. The summed E-state index contributed by atoms with van der Waals surface area (Å²) in [4.78, 5) is 11.6. The van der Waals surface area contributed by atoms with E-state index in [2.05, 4.69) is 10.4 Å². The summed E-state index contributed by atoms with van der Waals surface area (Å²) in [5.41, 5.74) is 0.426. The third-order valence-corrected chi connectivity index (χ3v) is 4.15. The van der Waals surface area contributed by atoms with E-state index in [1.807, 2.05) is 0 Å². The molecule has 5 nitrogen and oxygen atoms in total. The zero-order chi connectivity index (χ0) is 13.2. The number of aliphatic hydroxyl groups excluding tert-OH is 1. The number of anilines is 1. The number of nitrogens with zero attached hydrogens (tertiary/aromatic N) is 2. The van der Waals surface area contributed by atoms with Crippen LogP contribution in [0.25, 0.3) is 0 Å². The summed E-state index contributed by atoms with van der Waals surface area (Å²) in [6.07, 6.45) is 5.77. The Bertz CT molecular complexity index is 483. The van der Waals surface area contributed by atoms with Crippen LogP contribution in [0, 0.1) is 5.41 Å². The highest BCUT2D eigenvalue weighted by Crippen LogP contribution is 2.43. The summed E-state index contributed by atoms with van der Waals surface area (Å²) in [5.74, 6) is 0. The van der Waals surface area contributed by atoms with Crippen LogP contribution in [0.1, 0.15) is 25.7 Å². The smallest absolute Gasteiger partial charge is 0.287 e. The van der Waals surface area contributed by atoms with Crippen molar-refractivity contribution >= 4 is 17.3 Å². The molecular formula is C12H18ClN3O2. The molecule has 0 atom stereocenters. The van der Waals surface area contributed by atoms with Crippen molar-refractivity contribution in [3.8, 4) is 0 Å². The molecule has 1 heterocycles. The van der Waals surface area contributed by atoms with E-state index in [1.165, 1.54) is 11.1 Å². The van der Waals surface area contributed by atoms with Gasteiger partial charge in [0.25, 0.3) is 5.56 Å². The predicted octanol–water partition coefficient (Wildman–Crippen LogP) is 1.40. The summed E-state index contributed by atoms with van der Waals surface area (Å²) >= 11 is 5.98. The normalized spacial score (nSPS) is 17.3. The van der Waals surface area contributed by atoms with Crippen molar-refractivity contribution in [2.75, 3.05) is 18.5 Å². The monoisotopic (exact) mass is 271 g/mol. The van der Waals surface area contributed by atoms with Gasteiger partial charge in [0.05, 0.1) is 11.9 Å². The summed E-state index contributed by atoms with van der Waals surface area (Å²) in [6, 6.07) is 0. The molecule has 1 aromatic heterocycles. The van der Waals surface area contributed by atoms with Crippen LogP contribution in [0.3, 0.4) is 0 Å². The summed E-state index contributed by atoms with van der Waals surface area (Å²) < 4.78 is 1.21. The van der Waals surface area contributed by atoms with E-state index in [0.29, 0.717) is 5.69 Å². The second kappa shape index (κ2) is 5.28. The van der Waals surface area contributed by atoms with E-state index in [9.17, 15) is 4.79 Å². The van der Waals surface area contributed by atoms with Crippen LogP contribution in [0.2, 0.25) is 5.02 Å². The highest BCUT2D eigenvalue weighted by molar-refractivity contribution is 6.32. The topological polar surface area (TPSA) is 67.2 Å². The molecule has 0 aromatic carbocycles. The van der Waals surface area contributed by atoms with Crippen molar-refractivity contribution < 1.29 is 5.11 Å². The van der Waals surface area contributed by atoms with Gasteiger partial charge in [-0.2, -0.15) is 5.10 Å². The number of hydrogen-bond donors (Lipinski definition) is 2. The van der Waals surface area contributed by atoms with Crippen LogP contribution in [-0.2, 0) is 7.05 Å². The Morgan fingerprint density at radius 2 is 2.33 bits per heavy atom. The quantitative estimate of drug-likeness (QED) is 0.850. The Hall–Kier alpha value is -1.07.